The molecule has 14 rings (SSSR count). The second-order valence-electron chi connectivity index (χ2n) is 24.6. The molecule has 4 unspecified atom stereocenters. The predicted octanol–water partition coefficient (Wildman–Crippen LogP) is 17.8. The molecule has 2 aliphatic carbocycles. The van der Waals surface area contributed by atoms with Gasteiger partial charge in [-0.25, -0.2) is 0 Å². The third kappa shape index (κ3) is 12.1. The van der Waals surface area contributed by atoms with Crippen molar-refractivity contribution in [2.75, 3.05) is 26.4 Å². The molecule has 94 heavy (non-hydrogen) atoms. The highest BCUT2D eigenvalue weighted by Gasteiger charge is 2.48. The molecule has 0 aliphatic heterocycles. The van der Waals surface area contributed by atoms with E-state index in [0.717, 1.165) is 89.8 Å². The Balaban J connectivity index is 0.000000171. The van der Waals surface area contributed by atoms with Crippen LogP contribution in [0.1, 0.15) is 72.2 Å². The van der Waals surface area contributed by atoms with E-state index in [1.807, 2.05) is 97.1 Å². The summed E-state index contributed by atoms with van der Waals surface area (Å²) in [7, 11) is 0. The molecule has 12 aromatic rings. The summed E-state index contributed by atoms with van der Waals surface area (Å²) >= 11 is 0. The number of aliphatic hydroxyl groups is 4. The van der Waals surface area contributed by atoms with E-state index in [1.54, 1.807) is 27.7 Å². The molecule has 0 saturated carbocycles. The molecule has 0 amide bonds. The third-order valence-corrected chi connectivity index (χ3v) is 17.8. The van der Waals surface area contributed by atoms with Crippen LogP contribution < -0.4 is 18.9 Å². The minimum Gasteiger partial charge on any atom is -0.490 e. The first-order valence-electron chi connectivity index (χ1n) is 32.4. The van der Waals surface area contributed by atoms with Gasteiger partial charge in [-0.1, -0.05) is 243 Å². The number of rotatable bonds is 20. The zero-order valence-corrected chi connectivity index (χ0v) is 53.3. The largest absolute Gasteiger partial charge is 0.490 e. The Hall–Kier alpha value is -10.3. The number of hydrogen-bond acceptors (Lipinski definition) is 8. The summed E-state index contributed by atoms with van der Waals surface area (Å²) in [5.41, 5.74) is 20.7. The van der Waals surface area contributed by atoms with Crippen molar-refractivity contribution in [1.29, 1.82) is 0 Å². The van der Waals surface area contributed by atoms with Crippen molar-refractivity contribution in [2.24, 2.45) is 0 Å². The van der Waals surface area contributed by atoms with Crippen LogP contribution in [0.3, 0.4) is 0 Å². The van der Waals surface area contributed by atoms with Gasteiger partial charge in [-0.2, -0.15) is 0 Å². The maximum Gasteiger partial charge on any atom is 0.127 e. The van der Waals surface area contributed by atoms with Crippen molar-refractivity contribution in [2.45, 2.75) is 62.9 Å². The molecule has 0 bridgehead atoms. The zero-order chi connectivity index (χ0) is 64.8. The van der Waals surface area contributed by atoms with Crippen molar-refractivity contribution in [3.8, 4) is 89.8 Å². The van der Waals surface area contributed by atoms with Crippen molar-refractivity contribution in [3.05, 3.63) is 336 Å². The molecule has 2 aliphatic rings. The average Bonchev–Trinajstić information content (AvgIpc) is 1.66. The molecule has 0 aromatic heterocycles. The molecule has 12 aromatic carbocycles. The van der Waals surface area contributed by atoms with E-state index >= 15 is 0 Å². The Morgan fingerprint density at radius 2 is 0.426 bits per heavy atom. The number of hydrogen-bond donors (Lipinski definition) is 4. The van der Waals surface area contributed by atoms with Gasteiger partial charge in [0.05, 0.1) is 35.2 Å². The van der Waals surface area contributed by atoms with Crippen LogP contribution in [0.25, 0.3) is 66.8 Å². The standard InChI is InChI=1S/2C43H38O4/c2*1-29(44)27-46-41-23-21-33(25-37(41)31-13-5-3-6-14-31)43(39-19-11-9-17-35(39)36-18-10-12-20-40(36)43)34-22-24-42(47-28-30(2)45)38(26-34)32-15-7-4-8-16-32/h2*3-26,29-30,44-45H,27-28H2,1-2H3. The SMILES string of the molecule is CC(O)COc1ccc(C2(c3ccc(OCC(C)O)c(-c4ccccc4)c3)c3ccccc3-c3ccccc32)cc1-c1ccccc1.CC(O)COc1ccc(C2(c3ccc(OCC(C)O)c(-c4ccccc4)c3)c3ccccc3-c3ccccc32)cc1-c1ccccc1. The van der Waals surface area contributed by atoms with E-state index in [4.69, 9.17) is 18.9 Å². The Labute approximate surface area is 551 Å². The lowest BCUT2D eigenvalue weighted by molar-refractivity contribution is 0.123. The van der Waals surface area contributed by atoms with Crippen LogP contribution in [0.15, 0.2) is 291 Å². The maximum atomic E-state index is 10.1. The van der Waals surface area contributed by atoms with Crippen molar-refractivity contribution >= 4 is 0 Å². The minimum atomic E-state index is -0.661. The van der Waals surface area contributed by atoms with Gasteiger partial charge in [0, 0.05) is 22.3 Å². The van der Waals surface area contributed by atoms with E-state index in [-0.39, 0.29) is 26.4 Å². The molecule has 0 fully saturated rings. The fourth-order valence-corrected chi connectivity index (χ4v) is 13.8. The van der Waals surface area contributed by atoms with Crippen LogP contribution in [-0.4, -0.2) is 71.3 Å². The topological polar surface area (TPSA) is 118 Å². The molecule has 0 spiro atoms. The van der Waals surface area contributed by atoms with Gasteiger partial charge in [-0.05, 0) is 165 Å². The fraction of sp³-hybridized carbons (Fsp3) is 0.163. The maximum absolute atomic E-state index is 10.1. The highest BCUT2D eigenvalue weighted by molar-refractivity contribution is 5.90. The van der Waals surface area contributed by atoms with Crippen molar-refractivity contribution < 1.29 is 39.4 Å². The van der Waals surface area contributed by atoms with Gasteiger partial charge in [0.25, 0.3) is 0 Å². The zero-order valence-electron chi connectivity index (χ0n) is 53.3. The van der Waals surface area contributed by atoms with E-state index in [9.17, 15) is 20.4 Å². The predicted molar refractivity (Wildman–Crippen MR) is 378 cm³/mol. The van der Waals surface area contributed by atoms with Crippen LogP contribution in [0.5, 0.6) is 23.0 Å². The Kier molecular flexibility index (Phi) is 18.3. The van der Waals surface area contributed by atoms with E-state index in [1.165, 1.54) is 44.5 Å². The monoisotopic (exact) mass is 1240 g/mol. The summed E-state index contributed by atoms with van der Waals surface area (Å²) in [6.45, 7) is 7.73. The van der Waals surface area contributed by atoms with Gasteiger partial charge in [-0.15, -0.1) is 0 Å². The molecule has 0 saturated heterocycles. The first-order valence-corrected chi connectivity index (χ1v) is 32.4. The van der Waals surface area contributed by atoms with Crippen LogP contribution in [-0.2, 0) is 10.8 Å². The van der Waals surface area contributed by atoms with Gasteiger partial charge >= 0.3 is 0 Å². The van der Waals surface area contributed by atoms with Gasteiger partial charge in [0.1, 0.15) is 49.4 Å². The molecule has 8 heteroatoms. The van der Waals surface area contributed by atoms with Crippen molar-refractivity contribution in [3.63, 3.8) is 0 Å². The summed E-state index contributed by atoms with van der Waals surface area (Å²) in [5.74, 6) is 2.90. The molecule has 0 heterocycles. The number of aliphatic hydroxyl groups excluding tert-OH is 4. The molecular weight excluding hydrogens is 1160 g/mol. The summed E-state index contributed by atoms with van der Waals surface area (Å²) in [5, 5.41) is 40.3. The lowest BCUT2D eigenvalue weighted by atomic mass is 9.67. The molecule has 4 atom stereocenters. The second-order valence-corrected chi connectivity index (χ2v) is 24.6. The second kappa shape index (κ2) is 27.5. The Bertz CT molecular complexity index is 3990. The van der Waals surface area contributed by atoms with Crippen LogP contribution >= 0.6 is 0 Å². The molecule has 4 N–H and O–H groups in total. The normalized spacial score (nSPS) is 14.1. The quantitative estimate of drug-likeness (QED) is 0.0596. The van der Waals surface area contributed by atoms with E-state index in [2.05, 4.69) is 194 Å². The number of ether oxygens (including phenoxy) is 4. The van der Waals surface area contributed by atoms with Gasteiger partial charge in [0.2, 0.25) is 0 Å². The van der Waals surface area contributed by atoms with Crippen LogP contribution in [0.4, 0.5) is 0 Å². The van der Waals surface area contributed by atoms with E-state index < -0.39 is 35.2 Å². The molecule has 8 nitrogen and oxygen atoms in total. The Morgan fingerprint density at radius 3 is 0.628 bits per heavy atom. The summed E-state index contributed by atoms with van der Waals surface area (Å²) < 4.78 is 24.8. The molecule has 468 valence electrons. The molecular formula is C86H76O8. The highest BCUT2D eigenvalue weighted by atomic mass is 16.5. The highest BCUT2D eigenvalue weighted by Crippen LogP contribution is 2.60. The molecule has 0 radical (unpaired) electrons. The van der Waals surface area contributed by atoms with E-state index in [0.29, 0.717) is 0 Å². The summed E-state index contributed by atoms with van der Waals surface area (Å²) in [4.78, 5) is 0. The number of benzene rings is 12. The first-order chi connectivity index (χ1) is 45.9. The summed E-state index contributed by atoms with van der Waals surface area (Å²) in [6.07, 6.45) is -2.37. The Morgan fingerprint density at radius 1 is 0.234 bits per heavy atom. The van der Waals surface area contributed by atoms with Gasteiger partial charge < -0.3 is 39.4 Å². The lowest BCUT2D eigenvalue weighted by Gasteiger charge is -2.35. The van der Waals surface area contributed by atoms with Crippen LogP contribution in [0.2, 0.25) is 0 Å². The summed E-state index contributed by atoms with van der Waals surface area (Å²) in [6, 6.07) is 102. The van der Waals surface area contributed by atoms with Crippen LogP contribution in [0, 0.1) is 0 Å². The fourth-order valence-electron chi connectivity index (χ4n) is 13.8. The lowest BCUT2D eigenvalue weighted by Crippen LogP contribution is -2.29. The van der Waals surface area contributed by atoms with Crippen molar-refractivity contribution in [1.82, 2.24) is 0 Å². The van der Waals surface area contributed by atoms with Gasteiger partial charge in [0.15, 0.2) is 0 Å². The first kappa shape index (κ1) is 62.5. The third-order valence-electron chi connectivity index (χ3n) is 17.8. The van der Waals surface area contributed by atoms with Gasteiger partial charge in [-0.3, -0.25) is 0 Å². The minimum absolute atomic E-state index is 0.199. The average molecular weight is 1240 g/mol. The number of fused-ring (bicyclic) bond motifs is 6. The smallest absolute Gasteiger partial charge is 0.127 e.